The Bertz CT molecular complexity index is 1560. The monoisotopic (exact) mass is 499 g/mol. The molecule has 5 aromatic rings. The molecule has 3 aromatic carbocycles. The molecular weight excluding hydrogens is 473 g/mol. The zero-order valence-corrected chi connectivity index (χ0v) is 20.7. The van der Waals surface area contributed by atoms with Crippen LogP contribution in [0.25, 0.3) is 22.2 Å². The SMILES string of the molecule is COc1cccc(C(CNC(=O)c2c(-c3ccc(F)cc3)noc2C)c2c[nH]c3ccccc23)c1OC. The van der Waals surface area contributed by atoms with Crippen molar-refractivity contribution in [3.05, 3.63) is 101 Å². The Morgan fingerprint density at radius 1 is 1.03 bits per heavy atom. The first-order valence-electron chi connectivity index (χ1n) is 11.8. The van der Waals surface area contributed by atoms with Crippen LogP contribution in [0.1, 0.15) is 33.2 Å². The molecule has 8 heteroatoms. The van der Waals surface area contributed by atoms with Gasteiger partial charge in [0.25, 0.3) is 5.91 Å². The van der Waals surface area contributed by atoms with Crippen molar-refractivity contribution in [1.29, 1.82) is 0 Å². The molecule has 188 valence electrons. The van der Waals surface area contributed by atoms with Crippen LogP contribution in [0.15, 0.2) is 77.4 Å². The summed E-state index contributed by atoms with van der Waals surface area (Å²) >= 11 is 0. The maximum absolute atomic E-state index is 13.5. The molecule has 5 rings (SSSR count). The minimum Gasteiger partial charge on any atom is -0.493 e. The Hall–Kier alpha value is -4.59. The van der Waals surface area contributed by atoms with E-state index < -0.39 is 0 Å². The number of H-pyrrole nitrogens is 1. The van der Waals surface area contributed by atoms with Gasteiger partial charge in [0.05, 0.1) is 14.2 Å². The number of methoxy groups -OCH3 is 2. The van der Waals surface area contributed by atoms with Crippen molar-refractivity contribution in [2.45, 2.75) is 12.8 Å². The molecule has 0 bridgehead atoms. The van der Waals surface area contributed by atoms with Crippen molar-refractivity contribution in [3.8, 4) is 22.8 Å². The van der Waals surface area contributed by atoms with Crippen LogP contribution >= 0.6 is 0 Å². The molecule has 2 aromatic heterocycles. The van der Waals surface area contributed by atoms with Crippen LogP contribution in [-0.2, 0) is 0 Å². The molecule has 7 nitrogen and oxygen atoms in total. The minimum absolute atomic E-state index is 0.262. The van der Waals surface area contributed by atoms with Crippen LogP contribution in [0.5, 0.6) is 11.5 Å². The number of carbonyl (C=O) groups is 1. The maximum atomic E-state index is 13.5. The van der Waals surface area contributed by atoms with Gasteiger partial charge < -0.3 is 24.3 Å². The Labute approximate surface area is 213 Å². The van der Waals surface area contributed by atoms with Crippen LogP contribution in [0, 0.1) is 12.7 Å². The summed E-state index contributed by atoms with van der Waals surface area (Å²) in [5, 5.41) is 8.17. The van der Waals surface area contributed by atoms with E-state index in [2.05, 4.69) is 15.5 Å². The predicted octanol–water partition coefficient (Wildman–Crippen LogP) is 5.85. The molecule has 1 amide bonds. The highest BCUT2D eigenvalue weighted by molar-refractivity contribution is 6.00. The van der Waals surface area contributed by atoms with Crippen molar-refractivity contribution in [2.75, 3.05) is 20.8 Å². The van der Waals surface area contributed by atoms with Gasteiger partial charge in [0.1, 0.15) is 22.8 Å². The zero-order valence-electron chi connectivity index (χ0n) is 20.7. The van der Waals surface area contributed by atoms with Gasteiger partial charge in [-0.1, -0.05) is 35.5 Å². The second-order valence-electron chi connectivity index (χ2n) is 8.60. The number of nitrogens with zero attached hydrogens (tertiary/aromatic N) is 1. The molecule has 0 fully saturated rings. The average molecular weight is 500 g/mol. The van der Waals surface area contributed by atoms with E-state index in [1.807, 2.05) is 48.7 Å². The first-order chi connectivity index (χ1) is 18.0. The van der Waals surface area contributed by atoms with Crippen LogP contribution in [-0.4, -0.2) is 36.8 Å². The number of aromatic amines is 1. The lowest BCUT2D eigenvalue weighted by atomic mass is 9.89. The van der Waals surface area contributed by atoms with Gasteiger partial charge in [0, 0.05) is 40.7 Å². The van der Waals surface area contributed by atoms with E-state index in [-0.39, 0.29) is 24.2 Å². The molecule has 2 heterocycles. The quantitative estimate of drug-likeness (QED) is 0.280. The molecule has 2 N–H and O–H groups in total. The molecule has 0 aliphatic heterocycles. The number of nitrogens with one attached hydrogen (secondary N) is 2. The first-order valence-corrected chi connectivity index (χ1v) is 11.8. The maximum Gasteiger partial charge on any atom is 0.257 e. The highest BCUT2D eigenvalue weighted by Crippen LogP contribution is 2.40. The molecule has 1 unspecified atom stereocenters. The summed E-state index contributed by atoms with van der Waals surface area (Å²) in [5.41, 5.74) is 4.12. The Morgan fingerprint density at radius 2 is 1.81 bits per heavy atom. The first kappa shape index (κ1) is 24.1. The van der Waals surface area contributed by atoms with E-state index >= 15 is 0 Å². The summed E-state index contributed by atoms with van der Waals surface area (Å²) in [6.45, 7) is 1.94. The molecule has 0 radical (unpaired) electrons. The fraction of sp³-hybridized carbons (Fsp3) is 0.172. The van der Waals surface area contributed by atoms with E-state index in [9.17, 15) is 9.18 Å². The zero-order chi connectivity index (χ0) is 25.9. The lowest BCUT2D eigenvalue weighted by molar-refractivity contribution is 0.0951. The summed E-state index contributed by atoms with van der Waals surface area (Å²) in [6.07, 6.45) is 1.95. The summed E-state index contributed by atoms with van der Waals surface area (Å²) in [5.74, 6) is 0.597. The smallest absolute Gasteiger partial charge is 0.257 e. The Kier molecular flexibility index (Phi) is 6.64. The predicted molar refractivity (Wildman–Crippen MR) is 139 cm³/mol. The second kappa shape index (κ2) is 10.2. The minimum atomic E-state index is -0.372. The van der Waals surface area contributed by atoms with Crippen LogP contribution < -0.4 is 14.8 Å². The average Bonchev–Trinajstić information content (AvgIpc) is 3.52. The number of aryl methyl sites for hydroxylation is 1. The number of carbonyl (C=O) groups excluding carboxylic acids is 1. The van der Waals surface area contributed by atoms with Gasteiger partial charge in [-0.2, -0.15) is 0 Å². The third kappa shape index (κ3) is 4.53. The molecule has 1 atom stereocenters. The molecular formula is C29H26FN3O4. The third-order valence-electron chi connectivity index (χ3n) is 6.48. The standard InChI is InChI=1S/C29H26FN3O4/c1-17-26(27(33-37-17)18-11-13-19(30)14-12-18)29(34)32-16-23(21-8-6-10-25(35-2)28(21)36-3)22-15-31-24-9-5-4-7-20(22)24/h4-15,23,31H,16H2,1-3H3,(H,32,34). The van der Waals surface area contributed by atoms with Gasteiger partial charge in [-0.25, -0.2) is 4.39 Å². The number of fused-ring (bicyclic) bond motifs is 1. The number of amides is 1. The number of benzene rings is 3. The van der Waals surface area contributed by atoms with E-state index in [1.54, 1.807) is 33.3 Å². The summed E-state index contributed by atoms with van der Waals surface area (Å²) < 4.78 is 30.1. The normalized spacial score (nSPS) is 11.9. The molecule has 37 heavy (non-hydrogen) atoms. The lowest BCUT2D eigenvalue weighted by Crippen LogP contribution is -2.29. The summed E-state index contributed by atoms with van der Waals surface area (Å²) in [7, 11) is 3.19. The Balaban J connectivity index is 1.53. The summed E-state index contributed by atoms with van der Waals surface area (Å²) in [4.78, 5) is 16.8. The number of para-hydroxylation sites is 2. The van der Waals surface area contributed by atoms with Gasteiger partial charge in [0.2, 0.25) is 0 Å². The number of halogens is 1. The largest absolute Gasteiger partial charge is 0.493 e. The van der Waals surface area contributed by atoms with Crippen LogP contribution in [0.2, 0.25) is 0 Å². The lowest BCUT2D eigenvalue weighted by Gasteiger charge is -2.22. The number of aromatic nitrogens is 2. The molecule has 0 aliphatic carbocycles. The number of ether oxygens (including phenoxy) is 2. The second-order valence-corrected chi connectivity index (χ2v) is 8.60. The highest BCUT2D eigenvalue weighted by Gasteiger charge is 2.27. The number of hydrogen-bond donors (Lipinski definition) is 2. The fourth-order valence-corrected chi connectivity index (χ4v) is 4.68. The van der Waals surface area contributed by atoms with Gasteiger partial charge in [0.15, 0.2) is 11.5 Å². The molecule has 0 spiro atoms. The van der Waals surface area contributed by atoms with Crippen molar-refractivity contribution in [2.24, 2.45) is 0 Å². The van der Waals surface area contributed by atoms with Gasteiger partial charge in [-0.15, -0.1) is 0 Å². The molecule has 0 saturated heterocycles. The van der Waals surface area contributed by atoms with Crippen molar-refractivity contribution >= 4 is 16.8 Å². The van der Waals surface area contributed by atoms with Gasteiger partial charge >= 0.3 is 0 Å². The highest BCUT2D eigenvalue weighted by atomic mass is 19.1. The van der Waals surface area contributed by atoms with E-state index in [0.717, 1.165) is 22.0 Å². The van der Waals surface area contributed by atoms with Gasteiger partial charge in [-0.3, -0.25) is 4.79 Å². The van der Waals surface area contributed by atoms with Crippen molar-refractivity contribution in [3.63, 3.8) is 0 Å². The topological polar surface area (TPSA) is 89.4 Å². The van der Waals surface area contributed by atoms with Crippen LogP contribution in [0.4, 0.5) is 4.39 Å². The molecule has 0 saturated carbocycles. The fourth-order valence-electron chi connectivity index (χ4n) is 4.68. The van der Waals surface area contributed by atoms with Crippen LogP contribution in [0.3, 0.4) is 0 Å². The number of rotatable bonds is 8. The Morgan fingerprint density at radius 3 is 2.57 bits per heavy atom. The molecule has 0 aliphatic rings. The van der Waals surface area contributed by atoms with Crippen molar-refractivity contribution in [1.82, 2.24) is 15.5 Å². The van der Waals surface area contributed by atoms with Crippen molar-refractivity contribution < 1.29 is 23.2 Å². The third-order valence-corrected chi connectivity index (χ3v) is 6.48. The van der Waals surface area contributed by atoms with E-state index in [1.165, 1.54) is 12.1 Å². The van der Waals surface area contributed by atoms with E-state index in [4.69, 9.17) is 14.0 Å². The van der Waals surface area contributed by atoms with Gasteiger partial charge in [-0.05, 0) is 48.9 Å². The van der Waals surface area contributed by atoms with E-state index in [0.29, 0.717) is 34.1 Å². The summed E-state index contributed by atoms with van der Waals surface area (Å²) in [6, 6.07) is 19.5. The number of hydrogen-bond acceptors (Lipinski definition) is 5.